The molecule has 0 spiro atoms. The van der Waals surface area contributed by atoms with Crippen LogP contribution in [-0.4, -0.2) is 65.5 Å². The van der Waals surface area contributed by atoms with Gasteiger partial charge in [0.1, 0.15) is 24.2 Å². The third-order valence-corrected chi connectivity index (χ3v) is 5.65. The van der Waals surface area contributed by atoms with Crippen LogP contribution in [0.5, 0.6) is 5.75 Å². The van der Waals surface area contributed by atoms with Gasteiger partial charge in [-0.1, -0.05) is 42.5 Å². The average Bonchev–Trinajstić information content (AvgIpc) is 3.12. The highest BCUT2D eigenvalue weighted by Crippen LogP contribution is 2.31. The highest BCUT2D eigenvalue weighted by molar-refractivity contribution is 5.69. The van der Waals surface area contributed by atoms with Crippen molar-refractivity contribution >= 4 is 6.09 Å². The predicted molar refractivity (Wildman–Crippen MR) is 122 cm³/mol. The molecule has 1 aliphatic heterocycles. The van der Waals surface area contributed by atoms with Gasteiger partial charge in [0, 0.05) is 0 Å². The number of carbonyl (C=O) groups is 1. The van der Waals surface area contributed by atoms with Crippen molar-refractivity contribution in [1.82, 2.24) is 4.90 Å². The number of methoxy groups -OCH3 is 1. The molecule has 1 saturated heterocycles. The molecule has 2 aromatic rings. The molecule has 180 valence electrons. The third kappa shape index (κ3) is 6.91. The second kappa shape index (κ2) is 11.5. The number of ether oxygens (including phenoxy) is 4. The molecule has 3 rings (SSSR count). The maximum Gasteiger partial charge on any atom is 0.412 e. The first-order valence-corrected chi connectivity index (χ1v) is 11.0. The van der Waals surface area contributed by atoms with E-state index in [4.69, 9.17) is 18.9 Å². The van der Waals surface area contributed by atoms with Gasteiger partial charge in [0.05, 0.1) is 39.1 Å². The molecule has 33 heavy (non-hydrogen) atoms. The first-order chi connectivity index (χ1) is 15.8. The zero-order valence-corrected chi connectivity index (χ0v) is 19.3. The molecule has 0 aromatic heterocycles. The summed E-state index contributed by atoms with van der Waals surface area (Å²) in [6.07, 6.45) is -2.58. The molecule has 0 unspecified atom stereocenters. The lowest BCUT2D eigenvalue weighted by molar-refractivity contribution is -0.0612. The number of nitrogens with zero attached hydrogens (tertiary/aromatic N) is 1. The van der Waals surface area contributed by atoms with Crippen LogP contribution in [0.4, 0.5) is 4.79 Å². The van der Waals surface area contributed by atoms with Crippen molar-refractivity contribution < 1.29 is 34.0 Å². The molecule has 8 heteroatoms. The number of hydrogen-bond acceptors (Lipinski definition) is 7. The van der Waals surface area contributed by atoms with Crippen molar-refractivity contribution in [2.24, 2.45) is 0 Å². The summed E-state index contributed by atoms with van der Waals surface area (Å²) in [5.74, 6) is 0.753. The van der Waals surface area contributed by atoms with Crippen LogP contribution in [0.1, 0.15) is 31.4 Å². The summed E-state index contributed by atoms with van der Waals surface area (Å²) < 4.78 is 21.9. The number of hydrogen-bond donors (Lipinski definition) is 2. The number of aliphatic hydroxyl groups excluding tert-OH is 2. The van der Waals surface area contributed by atoms with E-state index in [1.165, 1.54) is 4.90 Å². The number of rotatable bonds is 10. The summed E-state index contributed by atoms with van der Waals surface area (Å²) >= 11 is 0. The Morgan fingerprint density at radius 3 is 2.39 bits per heavy atom. The van der Waals surface area contributed by atoms with Gasteiger partial charge in [-0.2, -0.15) is 0 Å². The Hall–Kier alpha value is -2.65. The fraction of sp³-hybridized carbons (Fsp3) is 0.480. The van der Waals surface area contributed by atoms with Gasteiger partial charge in [0.2, 0.25) is 0 Å². The smallest absolute Gasteiger partial charge is 0.412 e. The van der Waals surface area contributed by atoms with Crippen LogP contribution in [-0.2, 0) is 27.4 Å². The molecule has 2 aromatic carbocycles. The molecule has 0 bridgehead atoms. The molecule has 1 aliphatic rings. The van der Waals surface area contributed by atoms with Gasteiger partial charge in [0.25, 0.3) is 0 Å². The summed E-state index contributed by atoms with van der Waals surface area (Å²) in [6.45, 7) is 4.19. The minimum Gasteiger partial charge on any atom is -0.497 e. The first-order valence-electron chi connectivity index (χ1n) is 11.0. The maximum absolute atomic E-state index is 12.8. The van der Waals surface area contributed by atoms with Gasteiger partial charge in [-0.15, -0.1) is 0 Å². The van der Waals surface area contributed by atoms with Crippen molar-refractivity contribution in [3.63, 3.8) is 0 Å². The van der Waals surface area contributed by atoms with E-state index < -0.39 is 30.1 Å². The summed E-state index contributed by atoms with van der Waals surface area (Å²) in [5, 5.41) is 20.9. The Morgan fingerprint density at radius 2 is 1.73 bits per heavy atom. The van der Waals surface area contributed by atoms with E-state index in [0.29, 0.717) is 6.61 Å². The van der Waals surface area contributed by atoms with Crippen LogP contribution in [0.3, 0.4) is 0 Å². The summed E-state index contributed by atoms with van der Waals surface area (Å²) in [7, 11) is 1.60. The number of amides is 1. The highest BCUT2D eigenvalue weighted by Gasteiger charge is 2.45. The zero-order valence-electron chi connectivity index (χ0n) is 19.3. The van der Waals surface area contributed by atoms with Gasteiger partial charge >= 0.3 is 6.09 Å². The highest BCUT2D eigenvalue weighted by atomic mass is 16.6. The third-order valence-electron chi connectivity index (χ3n) is 5.65. The van der Waals surface area contributed by atoms with Gasteiger partial charge in [0.15, 0.2) is 0 Å². The monoisotopic (exact) mass is 459 g/mol. The van der Waals surface area contributed by atoms with Crippen LogP contribution in [0.15, 0.2) is 54.6 Å². The molecule has 0 aliphatic carbocycles. The van der Waals surface area contributed by atoms with Gasteiger partial charge in [-0.25, -0.2) is 4.79 Å². The van der Waals surface area contributed by atoms with E-state index in [0.717, 1.165) is 16.9 Å². The van der Waals surface area contributed by atoms with Crippen molar-refractivity contribution in [3.05, 3.63) is 65.7 Å². The van der Waals surface area contributed by atoms with Crippen LogP contribution in [0, 0.1) is 0 Å². The molecular weight excluding hydrogens is 426 g/mol. The number of benzene rings is 2. The quantitative estimate of drug-likeness (QED) is 0.563. The number of carbonyl (C=O) groups excluding carboxylic acids is 1. The first kappa shape index (κ1) is 25.0. The minimum atomic E-state index is -1.10. The van der Waals surface area contributed by atoms with Gasteiger partial charge in [-0.3, -0.25) is 4.90 Å². The van der Waals surface area contributed by atoms with Crippen LogP contribution in [0.25, 0.3) is 0 Å². The Bertz CT molecular complexity index is 872. The van der Waals surface area contributed by atoms with Gasteiger partial charge in [-0.05, 0) is 43.5 Å². The molecule has 1 fully saturated rings. The lowest BCUT2D eigenvalue weighted by Gasteiger charge is -2.33. The van der Waals surface area contributed by atoms with Crippen LogP contribution in [0.2, 0.25) is 0 Å². The fourth-order valence-electron chi connectivity index (χ4n) is 3.78. The van der Waals surface area contributed by atoms with E-state index in [-0.39, 0.29) is 26.2 Å². The van der Waals surface area contributed by atoms with E-state index in [1.807, 2.05) is 54.6 Å². The molecular formula is C25H33NO7. The predicted octanol–water partition coefficient (Wildman–Crippen LogP) is 3.10. The van der Waals surface area contributed by atoms with E-state index in [1.54, 1.807) is 21.0 Å². The maximum atomic E-state index is 12.8. The Kier molecular flexibility index (Phi) is 8.68. The molecule has 1 amide bonds. The normalized spacial score (nSPS) is 19.2. The van der Waals surface area contributed by atoms with Crippen LogP contribution >= 0.6 is 0 Å². The second-order valence-electron chi connectivity index (χ2n) is 8.56. The fourth-order valence-corrected chi connectivity index (χ4v) is 3.78. The SMILES string of the molecule is COc1ccc(COC[C@H](O)[C@H](O)C[C@H]2COC(C)(C)N2C(=O)OCc2ccccc2)cc1. The van der Waals surface area contributed by atoms with Crippen molar-refractivity contribution in [2.75, 3.05) is 20.3 Å². The Labute approximate surface area is 194 Å². The van der Waals surface area contributed by atoms with E-state index in [9.17, 15) is 15.0 Å². The molecule has 0 saturated carbocycles. The summed E-state index contributed by atoms with van der Waals surface area (Å²) in [5.41, 5.74) is 0.925. The molecule has 1 heterocycles. The standard InChI is InChI=1S/C25H33NO7/c1-25(2)26(24(29)32-15-18-7-5-4-6-8-18)20(16-33-25)13-22(27)23(28)17-31-14-19-9-11-21(30-3)12-10-19/h4-12,20,22-23,27-28H,13-17H2,1-3H3/t20-,22+,23-/m0/s1. The van der Waals surface area contributed by atoms with Crippen molar-refractivity contribution in [2.45, 2.75) is 57.5 Å². The Balaban J connectivity index is 1.49. The molecule has 2 N–H and O–H groups in total. The summed E-state index contributed by atoms with van der Waals surface area (Å²) in [6, 6.07) is 16.4. The molecule has 0 radical (unpaired) electrons. The lowest BCUT2D eigenvalue weighted by Crippen LogP contribution is -2.49. The zero-order chi connectivity index (χ0) is 23.8. The van der Waals surface area contributed by atoms with E-state index >= 15 is 0 Å². The largest absolute Gasteiger partial charge is 0.497 e. The topological polar surface area (TPSA) is 97.7 Å². The average molecular weight is 460 g/mol. The van der Waals surface area contributed by atoms with E-state index in [2.05, 4.69) is 0 Å². The van der Waals surface area contributed by atoms with Crippen molar-refractivity contribution in [3.8, 4) is 5.75 Å². The Morgan fingerprint density at radius 1 is 1.06 bits per heavy atom. The summed E-state index contributed by atoms with van der Waals surface area (Å²) in [4.78, 5) is 14.3. The number of aliphatic hydroxyl groups is 2. The van der Waals surface area contributed by atoms with Crippen LogP contribution < -0.4 is 4.74 Å². The van der Waals surface area contributed by atoms with Gasteiger partial charge < -0.3 is 29.2 Å². The lowest BCUT2D eigenvalue weighted by atomic mass is 10.0. The molecule has 8 nitrogen and oxygen atoms in total. The minimum absolute atomic E-state index is 0.0391. The molecule has 3 atom stereocenters. The second-order valence-corrected chi connectivity index (χ2v) is 8.56. The van der Waals surface area contributed by atoms with Crippen molar-refractivity contribution in [1.29, 1.82) is 0 Å².